The number of nitrogens with zero attached hydrogens (tertiary/aromatic N) is 2. The predicted octanol–water partition coefficient (Wildman–Crippen LogP) is 0.291. The van der Waals surface area contributed by atoms with Gasteiger partial charge in [-0.25, -0.2) is 0 Å². The predicted molar refractivity (Wildman–Crippen MR) is 64.3 cm³/mol. The summed E-state index contributed by atoms with van der Waals surface area (Å²) in [4.78, 5) is 16.7. The maximum Gasteiger partial charge on any atom is 0.239 e. The van der Waals surface area contributed by atoms with Gasteiger partial charge in [0.15, 0.2) is 0 Å². The van der Waals surface area contributed by atoms with Crippen molar-refractivity contribution in [2.45, 2.75) is 38.3 Å². The van der Waals surface area contributed by atoms with E-state index in [1.807, 2.05) is 0 Å². The van der Waals surface area contributed by atoms with E-state index < -0.39 is 0 Å². The standard InChI is InChI=1S/C12H23N3O/c1-10-9-14(2)7-4-8-15(10)12(16)11-5-3-6-13-11/h10-11,13H,3-9H2,1-2H3. The Bertz CT molecular complexity index is 251. The molecule has 16 heavy (non-hydrogen) atoms. The molecule has 0 bridgehead atoms. The van der Waals surface area contributed by atoms with E-state index in [4.69, 9.17) is 0 Å². The molecule has 2 aliphatic heterocycles. The summed E-state index contributed by atoms with van der Waals surface area (Å²) in [6.45, 7) is 6.18. The molecule has 0 spiro atoms. The normalized spacial score (nSPS) is 32.8. The van der Waals surface area contributed by atoms with E-state index >= 15 is 0 Å². The van der Waals surface area contributed by atoms with Crippen LogP contribution in [0.4, 0.5) is 0 Å². The Labute approximate surface area is 98.0 Å². The Hall–Kier alpha value is -0.610. The molecule has 0 saturated carbocycles. The first-order valence-corrected chi connectivity index (χ1v) is 6.41. The summed E-state index contributed by atoms with van der Waals surface area (Å²) >= 11 is 0. The summed E-state index contributed by atoms with van der Waals surface area (Å²) in [5.74, 6) is 0.320. The van der Waals surface area contributed by atoms with Crippen LogP contribution in [0.3, 0.4) is 0 Å². The van der Waals surface area contributed by atoms with Gasteiger partial charge >= 0.3 is 0 Å². The highest BCUT2D eigenvalue weighted by Crippen LogP contribution is 2.14. The molecule has 1 N–H and O–H groups in total. The maximum absolute atomic E-state index is 12.3. The van der Waals surface area contributed by atoms with Crippen LogP contribution in [0.2, 0.25) is 0 Å². The van der Waals surface area contributed by atoms with Crippen molar-refractivity contribution in [2.24, 2.45) is 0 Å². The van der Waals surface area contributed by atoms with E-state index in [1.54, 1.807) is 0 Å². The third-order valence-electron chi connectivity index (χ3n) is 3.69. The SMILES string of the molecule is CC1CN(C)CCCN1C(=O)C1CCCN1. The minimum atomic E-state index is 0.0888. The molecule has 0 aliphatic carbocycles. The minimum Gasteiger partial charge on any atom is -0.337 e. The number of amides is 1. The van der Waals surface area contributed by atoms with Gasteiger partial charge in [-0.05, 0) is 46.3 Å². The lowest BCUT2D eigenvalue weighted by Crippen LogP contribution is -2.49. The van der Waals surface area contributed by atoms with Gasteiger partial charge in [0, 0.05) is 19.1 Å². The van der Waals surface area contributed by atoms with Gasteiger partial charge in [0.05, 0.1) is 6.04 Å². The summed E-state index contributed by atoms with van der Waals surface area (Å²) in [5.41, 5.74) is 0. The van der Waals surface area contributed by atoms with Crippen LogP contribution < -0.4 is 5.32 Å². The van der Waals surface area contributed by atoms with E-state index in [2.05, 4.69) is 29.1 Å². The zero-order valence-electron chi connectivity index (χ0n) is 10.4. The van der Waals surface area contributed by atoms with E-state index in [0.29, 0.717) is 11.9 Å². The highest BCUT2D eigenvalue weighted by molar-refractivity contribution is 5.82. The van der Waals surface area contributed by atoms with E-state index in [9.17, 15) is 4.79 Å². The summed E-state index contributed by atoms with van der Waals surface area (Å²) in [6.07, 6.45) is 3.25. The van der Waals surface area contributed by atoms with Crippen LogP contribution in [0.15, 0.2) is 0 Å². The second-order valence-corrected chi connectivity index (χ2v) is 5.15. The Morgan fingerprint density at radius 3 is 2.81 bits per heavy atom. The summed E-state index contributed by atoms with van der Waals surface area (Å²) in [6, 6.07) is 0.438. The fraction of sp³-hybridized carbons (Fsp3) is 0.917. The lowest BCUT2D eigenvalue weighted by atomic mass is 10.1. The van der Waals surface area contributed by atoms with Gasteiger partial charge in [-0.3, -0.25) is 4.79 Å². The van der Waals surface area contributed by atoms with E-state index in [-0.39, 0.29) is 6.04 Å². The number of carbonyl (C=O) groups excluding carboxylic acids is 1. The fourth-order valence-corrected chi connectivity index (χ4v) is 2.80. The average molecular weight is 225 g/mol. The lowest BCUT2D eigenvalue weighted by molar-refractivity contribution is -0.134. The second kappa shape index (κ2) is 5.15. The van der Waals surface area contributed by atoms with Crippen molar-refractivity contribution in [2.75, 3.05) is 33.2 Å². The highest BCUT2D eigenvalue weighted by atomic mass is 16.2. The van der Waals surface area contributed by atoms with Crippen LogP contribution in [0.1, 0.15) is 26.2 Å². The van der Waals surface area contributed by atoms with Crippen LogP contribution in [0.25, 0.3) is 0 Å². The first-order chi connectivity index (χ1) is 7.68. The number of likely N-dealkylation sites (N-methyl/N-ethyl adjacent to an activating group) is 1. The van der Waals surface area contributed by atoms with Crippen molar-refractivity contribution in [1.29, 1.82) is 0 Å². The van der Waals surface area contributed by atoms with Crippen molar-refractivity contribution >= 4 is 5.91 Å². The average Bonchev–Trinajstić information content (AvgIpc) is 2.71. The van der Waals surface area contributed by atoms with Gasteiger partial charge in [0.2, 0.25) is 5.91 Å². The molecule has 1 amide bonds. The second-order valence-electron chi connectivity index (χ2n) is 5.15. The molecule has 2 rings (SSSR count). The number of hydrogen-bond donors (Lipinski definition) is 1. The fourth-order valence-electron chi connectivity index (χ4n) is 2.80. The van der Waals surface area contributed by atoms with Crippen LogP contribution in [-0.4, -0.2) is 61.0 Å². The number of hydrogen-bond acceptors (Lipinski definition) is 3. The molecule has 2 fully saturated rings. The van der Waals surface area contributed by atoms with Crippen molar-refractivity contribution in [3.8, 4) is 0 Å². The smallest absolute Gasteiger partial charge is 0.239 e. The van der Waals surface area contributed by atoms with Crippen LogP contribution >= 0.6 is 0 Å². The Balaban J connectivity index is 1.98. The first kappa shape index (κ1) is 11.9. The van der Waals surface area contributed by atoms with Crippen LogP contribution in [0, 0.1) is 0 Å². The number of rotatable bonds is 1. The highest BCUT2D eigenvalue weighted by Gasteiger charge is 2.30. The van der Waals surface area contributed by atoms with Crippen molar-refractivity contribution in [3.63, 3.8) is 0 Å². The van der Waals surface area contributed by atoms with E-state index in [1.165, 1.54) is 0 Å². The molecule has 2 unspecified atom stereocenters. The van der Waals surface area contributed by atoms with E-state index in [0.717, 1.165) is 45.4 Å². The molecule has 2 atom stereocenters. The third-order valence-corrected chi connectivity index (χ3v) is 3.69. The molecule has 4 heteroatoms. The quantitative estimate of drug-likeness (QED) is 0.697. The Kier molecular flexibility index (Phi) is 3.82. The molecule has 0 aromatic heterocycles. The molecule has 92 valence electrons. The molecule has 0 aromatic rings. The zero-order chi connectivity index (χ0) is 11.5. The Morgan fingerprint density at radius 1 is 1.31 bits per heavy atom. The molecule has 4 nitrogen and oxygen atoms in total. The Morgan fingerprint density at radius 2 is 2.12 bits per heavy atom. The van der Waals surface area contributed by atoms with Crippen LogP contribution in [0.5, 0.6) is 0 Å². The van der Waals surface area contributed by atoms with Gasteiger partial charge in [-0.2, -0.15) is 0 Å². The molecule has 2 saturated heterocycles. The van der Waals surface area contributed by atoms with Gasteiger partial charge in [-0.15, -0.1) is 0 Å². The topological polar surface area (TPSA) is 35.6 Å². The maximum atomic E-state index is 12.3. The van der Waals surface area contributed by atoms with Crippen molar-refractivity contribution in [3.05, 3.63) is 0 Å². The minimum absolute atomic E-state index is 0.0888. The third kappa shape index (κ3) is 2.55. The largest absolute Gasteiger partial charge is 0.337 e. The van der Waals surface area contributed by atoms with Crippen molar-refractivity contribution < 1.29 is 4.79 Å². The van der Waals surface area contributed by atoms with Gasteiger partial charge < -0.3 is 15.1 Å². The molecular formula is C12H23N3O. The number of carbonyl (C=O) groups is 1. The van der Waals surface area contributed by atoms with Crippen molar-refractivity contribution in [1.82, 2.24) is 15.1 Å². The summed E-state index contributed by atoms with van der Waals surface area (Å²) < 4.78 is 0. The van der Waals surface area contributed by atoms with Gasteiger partial charge in [0.25, 0.3) is 0 Å². The molecular weight excluding hydrogens is 202 g/mol. The zero-order valence-corrected chi connectivity index (χ0v) is 10.4. The first-order valence-electron chi connectivity index (χ1n) is 6.41. The van der Waals surface area contributed by atoms with Crippen LogP contribution in [-0.2, 0) is 4.79 Å². The molecule has 2 aliphatic rings. The molecule has 0 aromatic carbocycles. The monoisotopic (exact) mass is 225 g/mol. The summed E-state index contributed by atoms with van der Waals surface area (Å²) in [5, 5.41) is 3.30. The van der Waals surface area contributed by atoms with Gasteiger partial charge in [-0.1, -0.05) is 0 Å². The molecule has 0 radical (unpaired) electrons. The molecule has 2 heterocycles. The number of nitrogens with one attached hydrogen (secondary N) is 1. The lowest BCUT2D eigenvalue weighted by Gasteiger charge is -2.30. The summed E-state index contributed by atoms with van der Waals surface area (Å²) in [7, 11) is 2.14. The van der Waals surface area contributed by atoms with Gasteiger partial charge in [0.1, 0.15) is 0 Å².